The second-order valence-corrected chi connectivity index (χ2v) is 10.5. The van der Waals surface area contributed by atoms with Crippen LogP contribution in [0, 0.1) is 41.4 Å². The fourth-order valence-corrected chi connectivity index (χ4v) is 6.29. The summed E-state index contributed by atoms with van der Waals surface area (Å²) < 4.78 is 11.4. The maximum Gasteiger partial charge on any atom is 0.308 e. The van der Waals surface area contributed by atoms with Gasteiger partial charge in [-0.15, -0.1) is 0 Å². The molecule has 9 unspecified atom stereocenters. The van der Waals surface area contributed by atoms with Crippen LogP contribution < -0.4 is 0 Å². The molecule has 0 spiro atoms. The highest BCUT2D eigenvalue weighted by Gasteiger charge is 2.47. The first-order valence-corrected chi connectivity index (χ1v) is 12.3. The Morgan fingerprint density at radius 1 is 1.23 bits per heavy atom. The van der Waals surface area contributed by atoms with Crippen LogP contribution in [0.5, 0.6) is 0 Å². The molecule has 3 rings (SSSR count). The van der Waals surface area contributed by atoms with E-state index < -0.39 is 6.10 Å². The number of rotatable bonds is 6. The Morgan fingerprint density at radius 2 is 2.00 bits per heavy atom. The van der Waals surface area contributed by atoms with Crippen LogP contribution in [0.2, 0.25) is 0 Å². The molecule has 30 heavy (non-hydrogen) atoms. The molecule has 3 aliphatic rings. The van der Waals surface area contributed by atoms with E-state index in [-0.39, 0.29) is 36.3 Å². The largest absolute Gasteiger partial charge is 0.465 e. The Bertz CT molecular complexity index is 590. The molecule has 1 heterocycles. The monoisotopic (exact) mass is 422 g/mol. The fraction of sp³-hybridized carbons (Fsp3) is 0.920. The summed E-state index contributed by atoms with van der Waals surface area (Å²) in [6.07, 6.45) is 7.67. The molecule has 1 aliphatic heterocycles. The lowest BCUT2D eigenvalue weighted by molar-refractivity contribution is -0.166. The number of aliphatic hydroxyl groups is 1. The molecule has 0 aromatic carbocycles. The minimum atomic E-state index is -0.584. The minimum absolute atomic E-state index is 0.0352. The summed E-state index contributed by atoms with van der Waals surface area (Å²) >= 11 is 0. The molecule has 2 aliphatic carbocycles. The average molecular weight is 423 g/mol. The molecule has 2 saturated carbocycles. The van der Waals surface area contributed by atoms with Crippen molar-refractivity contribution in [2.45, 2.75) is 97.7 Å². The van der Waals surface area contributed by atoms with Crippen LogP contribution in [0.4, 0.5) is 0 Å². The average Bonchev–Trinajstić information content (AvgIpc) is 2.87. The van der Waals surface area contributed by atoms with Crippen LogP contribution >= 0.6 is 0 Å². The number of cyclic esters (lactones) is 1. The third-order valence-corrected chi connectivity index (χ3v) is 8.46. The molecule has 5 heteroatoms. The van der Waals surface area contributed by atoms with Gasteiger partial charge in [0.2, 0.25) is 0 Å². The van der Waals surface area contributed by atoms with E-state index in [2.05, 4.69) is 13.8 Å². The zero-order chi connectivity index (χ0) is 21.8. The summed E-state index contributed by atoms with van der Waals surface area (Å²) in [5.41, 5.74) is 0. The summed E-state index contributed by atoms with van der Waals surface area (Å²) in [5, 5.41) is 10.1. The van der Waals surface area contributed by atoms with Crippen LogP contribution in [0.25, 0.3) is 0 Å². The summed E-state index contributed by atoms with van der Waals surface area (Å²) in [4.78, 5) is 24.2. The Balaban J connectivity index is 1.70. The smallest absolute Gasteiger partial charge is 0.308 e. The Hall–Kier alpha value is -1.10. The van der Waals surface area contributed by atoms with Crippen LogP contribution in [0.3, 0.4) is 0 Å². The van der Waals surface area contributed by atoms with Gasteiger partial charge < -0.3 is 14.6 Å². The highest BCUT2D eigenvalue weighted by Crippen LogP contribution is 2.51. The van der Waals surface area contributed by atoms with Crippen molar-refractivity contribution in [3.63, 3.8) is 0 Å². The number of aliphatic hydroxyl groups excluding tert-OH is 1. The number of ether oxygens (including phenoxy) is 2. The van der Waals surface area contributed by atoms with E-state index in [1.165, 1.54) is 12.8 Å². The number of carbonyl (C=O) groups excluding carboxylic acids is 2. The van der Waals surface area contributed by atoms with Gasteiger partial charge in [-0.3, -0.25) is 9.59 Å². The number of esters is 2. The van der Waals surface area contributed by atoms with Gasteiger partial charge in [0.25, 0.3) is 0 Å². The van der Waals surface area contributed by atoms with E-state index in [9.17, 15) is 14.7 Å². The van der Waals surface area contributed by atoms with Gasteiger partial charge in [-0.2, -0.15) is 0 Å². The lowest BCUT2D eigenvalue weighted by Crippen LogP contribution is -2.48. The summed E-state index contributed by atoms with van der Waals surface area (Å²) in [6, 6.07) is 0. The fourth-order valence-electron chi connectivity index (χ4n) is 6.29. The summed E-state index contributed by atoms with van der Waals surface area (Å²) in [6.45, 7) is 9.17. The van der Waals surface area contributed by atoms with E-state index >= 15 is 0 Å². The van der Waals surface area contributed by atoms with Crippen LogP contribution in [0.1, 0.15) is 85.5 Å². The predicted octanol–water partition coefficient (Wildman–Crippen LogP) is 4.75. The second kappa shape index (κ2) is 10.5. The minimum Gasteiger partial charge on any atom is -0.465 e. The molecule has 0 amide bonds. The van der Waals surface area contributed by atoms with Crippen molar-refractivity contribution in [2.75, 3.05) is 6.61 Å². The van der Waals surface area contributed by atoms with Gasteiger partial charge in [0.05, 0.1) is 25.0 Å². The predicted molar refractivity (Wildman–Crippen MR) is 116 cm³/mol. The Kier molecular flexibility index (Phi) is 8.23. The van der Waals surface area contributed by atoms with Crippen molar-refractivity contribution < 1.29 is 24.2 Å². The van der Waals surface area contributed by atoms with Gasteiger partial charge in [-0.1, -0.05) is 27.7 Å². The molecule has 0 radical (unpaired) electrons. The van der Waals surface area contributed by atoms with Crippen molar-refractivity contribution in [1.29, 1.82) is 0 Å². The SMILES string of the molecule is CCC(C)C(=O)OC1CCCC2CC(C)C(C)C(CCC3COC(=O)CC(O)C3)C21. The highest BCUT2D eigenvalue weighted by atomic mass is 16.5. The molecule has 9 atom stereocenters. The van der Waals surface area contributed by atoms with Crippen molar-refractivity contribution in [3.8, 4) is 0 Å². The van der Waals surface area contributed by atoms with Gasteiger partial charge >= 0.3 is 11.9 Å². The molecule has 1 N–H and O–H groups in total. The maximum absolute atomic E-state index is 12.6. The number of hydrogen-bond acceptors (Lipinski definition) is 5. The first-order chi connectivity index (χ1) is 14.3. The molecule has 5 nitrogen and oxygen atoms in total. The molecule has 0 aromatic heterocycles. The first kappa shape index (κ1) is 23.6. The first-order valence-electron chi connectivity index (χ1n) is 12.3. The topological polar surface area (TPSA) is 72.8 Å². The normalized spacial score (nSPS) is 40.6. The third-order valence-electron chi connectivity index (χ3n) is 8.46. The zero-order valence-electron chi connectivity index (χ0n) is 19.3. The van der Waals surface area contributed by atoms with Gasteiger partial charge in [-0.25, -0.2) is 0 Å². The van der Waals surface area contributed by atoms with Gasteiger partial charge in [0, 0.05) is 5.92 Å². The lowest BCUT2D eigenvalue weighted by atomic mass is 9.56. The molecule has 0 bridgehead atoms. The Morgan fingerprint density at radius 3 is 2.73 bits per heavy atom. The molecule has 1 saturated heterocycles. The summed E-state index contributed by atoms with van der Waals surface area (Å²) in [5.74, 6) is 2.74. The molecule has 172 valence electrons. The lowest BCUT2D eigenvalue weighted by Gasteiger charge is -2.51. The van der Waals surface area contributed by atoms with Gasteiger partial charge in [0.1, 0.15) is 6.10 Å². The molecule has 0 aromatic rings. The molecular weight excluding hydrogens is 380 g/mol. The van der Waals surface area contributed by atoms with Crippen molar-refractivity contribution in [3.05, 3.63) is 0 Å². The standard InChI is InChI=1S/C25H42O5/c1-5-15(2)25(28)30-22-8-6-7-19-11-16(3)17(4)21(24(19)22)10-9-18-12-20(26)13-23(27)29-14-18/h15-22,24,26H,5-14H2,1-4H3. The number of carbonyl (C=O) groups is 2. The number of fused-ring (bicyclic) bond motifs is 1. The van der Waals surface area contributed by atoms with Crippen LogP contribution in [-0.4, -0.2) is 35.9 Å². The maximum atomic E-state index is 12.6. The van der Waals surface area contributed by atoms with Crippen molar-refractivity contribution in [1.82, 2.24) is 0 Å². The highest BCUT2D eigenvalue weighted by molar-refractivity contribution is 5.72. The van der Waals surface area contributed by atoms with E-state index in [1.807, 2.05) is 13.8 Å². The van der Waals surface area contributed by atoms with Crippen molar-refractivity contribution >= 4 is 11.9 Å². The van der Waals surface area contributed by atoms with E-state index in [4.69, 9.17) is 9.47 Å². The van der Waals surface area contributed by atoms with Gasteiger partial charge in [-0.05, 0) is 81.0 Å². The zero-order valence-corrected chi connectivity index (χ0v) is 19.3. The third kappa shape index (κ3) is 5.57. The van der Waals surface area contributed by atoms with E-state index in [1.54, 1.807) is 0 Å². The van der Waals surface area contributed by atoms with Crippen molar-refractivity contribution in [2.24, 2.45) is 41.4 Å². The number of hydrogen-bond donors (Lipinski definition) is 1. The van der Waals surface area contributed by atoms with Crippen LogP contribution in [-0.2, 0) is 19.1 Å². The van der Waals surface area contributed by atoms with E-state index in [0.29, 0.717) is 42.6 Å². The summed E-state index contributed by atoms with van der Waals surface area (Å²) in [7, 11) is 0. The van der Waals surface area contributed by atoms with Gasteiger partial charge in [0.15, 0.2) is 0 Å². The Labute approximate surface area is 182 Å². The van der Waals surface area contributed by atoms with Crippen LogP contribution in [0.15, 0.2) is 0 Å². The quantitative estimate of drug-likeness (QED) is 0.626. The molecule has 3 fully saturated rings. The van der Waals surface area contributed by atoms with E-state index in [0.717, 1.165) is 32.1 Å². The second-order valence-electron chi connectivity index (χ2n) is 10.5. The molecular formula is C25H42O5.